The van der Waals surface area contributed by atoms with Gasteiger partial charge >= 0.3 is 11.8 Å². The number of carbonyl (C=O) groups excluding carboxylic acids is 3. The number of nitrogens with two attached hydrogens (primary N) is 1. The van der Waals surface area contributed by atoms with Gasteiger partial charge in [-0.05, 0) is 12.1 Å². The van der Waals surface area contributed by atoms with Crippen molar-refractivity contribution in [2.75, 3.05) is 18.6 Å². The van der Waals surface area contributed by atoms with Gasteiger partial charge in [0.1, 0.15) is 5.75 Å². The van der Waals surface area contributed by atoms with Crippen LogP contribution in [0.1, 0.15) is 22.9 Å². The molecule has 0 aliphatic carbocycles. The molecule has 26 heavy (non-hydrogen) atoms. The number of rotatable bonds is 6. The summed E-state index contributed by atoms with van der Waals surface area (Å²) in [4.78, 5) is 40.8. The average Bonchev–Trinajstić information content (AvgIpc) is 3.26. The van der Waals surface area contributed by atoms with E-state index >= 15 is 0 Å². The minimum atomic E-state index is -0.844. The van der Waals surface area contributed by atoms with Gasteiger partial charge < -0.3 is 25.2 Å². The summed E-state index contributed by atoms with van der Waals surface area (Å²) in [7, 11) is 1.52. The molecule has 3 N–H and O–H groups in total. The first kappa shape index (κ1) is 17.4. The van der Waals surface area contributed by atoms with Gasteiger partial charge in [-0.3, -0.25) is 14.4 Å². The highest BCUT2D eigenvalue weighted by molar-refractivity contribution is 6.01. The Morgan fingerprint density at radius 2 is 2.19 bits per heavy atom. The Morgan fingerprint density at radius 3 is 2.88 bits per heavy atom. The molecule has 1 aliphatic heterocycles. The lowest BCUT2D eigenvalue weighted by Gasteiger charge is -2.19. The van der Waals surface area contributed by atoms with E-state index in [1.807, 2.05) is 0 Å². The van der Waals surface area contributed by atoms with Gasteiger partial charge in [0.25, 0.3) is 0 Å². The van der Waals surface area contributed by atoms with Gasteiger partial charge in [0.2, 0.25) is 11.8 Å². The summed E-state index contributed by atoms with van der Waals surface area (Å²) < 4.78 is 9.91. The largest absolute Gasteiger partial charge is 0.495 e. The number of benzene rings is 1. The van der Waals surface area contributed by atoms with Crippen LogP contribution in [0.3, 0.4) is 0 Å². The van der Waals surface area contributed by atoms with Crippen molar-refractivity contribution in [2.45, 2.75) is 13.0 Å². The summed E-state index contributed by atoms with van der Waals surface area (Å²) in [5.41, 5.74) is 5.64. The molecular weight excluding hydrogens is 342 g/mol. The van der Waals surface area contributed by atoms with Crippen molar-refractivity contribution in [3.63, 3.8) is 0 Å². The number of nitrogens with one attached hydrogen (secondary N) is 1. The number of hydrogen-bond acceptors (Lipinski definition) is 7. The van der Waals surface area contributed by atoms with Crippen molar-refractivity contribution >= 4 is 23.4 Å². The second-order valence-corrected chi connectivity index (χ2v) is 5.68. The smallest absolute Gasteiger partial charge is 0.315 e. The van der Waals surface area contributed by atoms with E-state index in [1.54, 1.807) is 24.3 Å². The third-order valence-electron chi connectivity index (χ3n) is 3.97. The van der Waals surface area contributed by atoms with E-state index < -0.39 is 11.8 Å². The molecule has 1 atom stereocenters. The molecule has 1 fully saturated rings. The first-order valence-electron chi connectivity index (χ1n) is 7.83. The minimum Gasteiger partial charge on any atom is -0.495 e. The monoisotopic (exact) mass is 359 g/mol. The van der Waals surface area contributed by atoms with Crippen LogP contribution < -0.4 is 20.7 Å². The summed E-state index contributed by atoms with van der Waals surface area (Å²) in [5.74, 6) is -1.48. The number of amides is 3. The van der Waals surface area contributed by atoms with E-state index in [-0.39, 0.29) is 43.0 Å². The summed E-state index contributed by atoms with van der Waals surface area (Å²) >= 11 is 0. The Balaban J connectivity index is 1.62. The van der Waals surface area contributed by atoms with Gasteiger partial charge in [0.05, 0.1) is 25.3 Å². The van der Waals surface area contributed by atoms with Gasteiger partial charge in [-0.15, -0.1) is 0 Å². The van der Waals surface area contributed by atoms with Gasteiger partial charge in [-0.2, -0.15) is 4.98 Å². The lowest BCUT2D eigenvalue weighted by Crippen LogP contribution is -2.33. The van der Waals surface area contributed by atoms with E-state index in [9.17, 15) is 14.4 Å². The second-order valence-electron chi connectivity index (χ2n) is 5.68. The molecule has 0 radical (unpaired) electrons. The minimum absolute atomic E-state index is 0.0328. The number of carbonyl (C=O) groups is 3. The Labute approximate surface area is 148 Å². The predicted octanol–water partition coefficient (Wildman–Crippen LogP) is -0.154. The zero-order valence-corrected chi connectivity index (χ0v) is 14.0. The fourth-order valence-electron chi connectivity index (χ4n) is 2.71. The Kier molecular flexibility index (Phi) is 4.83. The van der Waals surface area contributed by atoms with E-state index in [0.717, 1.165) is 0 Å². The molecule has 3 amide bonds. The number of methoxy groups -OCH3 is 1. The summed E-state index contributed by atoms with van der Waals surface area (Å²) in [6, 6.07) is 7.12. The van der Waals surface area contributed by atoms with Crippen LogP contribution in [0.4, 0.5) is 5.69 Å². The maximum atomic E-state index is 12.3. The highest BCUT2D eigenvalue weighted by Crippen LogP contribution is 2.32. The van der Waals surface area contributed by atoms with Crippen molar-refractivity contribution in [2.24, 2.45) is 11.7 Å². The number of nitrogens with zero attached hydrogens (tertiary/aromatic N) is 3. The highest BCUT2D eigenvalue weighted by atomic mass is 16.5. The highest BCUT2D eigenvalue weighted by Gasteiger charge is 2.36. The van der Waals surface area contributed by atoms with Crippen LogP contribution in [-0.4, -0.2) is 41.5 Å². The fourth-order valence-corrected chi connectivity index (χ4v) is 2.71. The number of hydrogen-bond donors (Lipinski definition) is 2. The van der Waals surface area contributed by atoms with Gasteiger partial charge in [0, 0.05) is 13.0 Å². The summed E-state index contributed by atoms with van der Waals surface area (Å²) in [6.07, 6.45) is 0.0860. The molecule has 2 aromatic rings. The number of aromatic nitrogens is 2. The molecule has 1 aromatic carbocycles. The normalized spacial score (nSPS) is 16.6. The zero-order chi connectivity index (χ0) is 18.7. The van der Waals surface area contributed by atoms with Gasteiger partial charge in [-0.1, -0.05) is 17.3 Å². The number of para-hydroxylation sites is 2. The maximum absolute atomic E-state index is 12.3. The van der Waals surface area contributed by atoms with Crippen LogP contribution in [0.5, 0.6) is 5.75 Å². The van der Waals surface area contributed by atoms with Crippen molar-refractivity contribution < 1.29 is 23.6 Å². The Morgan fingerprint density at radius 1 is 1.42 bits per heavy atom. The number of primary amides is 1. The molecule has 0 bridgehead atoms. The molecule has 10 heteroatoms. The maximum Gasteiger partial charge on any atom is 0.315 e. The lowest BCUT2D eigenvalue weighted by molar-refractivity contribution is -0.126. The van der Waals surface area contributed by atoms with Crippen LogP contribution in [-0.2, 0) is 16.1 Å². The molecule has 1 unspecified atom stereocenters. The zero-order valence-electron chi connectivity index (χ0n) is 14.0. The SMILES string of the molecule is COc1ccccc1N1CC(C(=O)NCc2noc(C(N)=O)n2)CC1=O. The molecule has 1 saturated heterocycles. The van der Waals surface area contributed by atoms with Crippen LogP contribution in [0.15, 0.2) is 28.8 Å². The summed E-state index contributed by atoms with van der Waals surface area (Å²) in [5, 5.41) is 6.17. The predicted molar refractivity (Wildman–Crippen MR) is 88.1 cm³/mol. The van der Waals surface area contributed by atoms with Gasteiger partial charge in [-0.25, -0.2) is 0 Å². The molecule has 1 aromatic heterocycles. The van der Waals surface area contributed by atoms with Crippen molar-refractivity contribution in [1.29, 1.82) is 0 Å². The third kappa shape index (κ3) is 3.48. The number of ether oxygens (including phenoxy) is 1. The first-order valence-corrected chi connectivity index (χ1v) is 7.83. The average molecular weight is 359 g/mol. The first-order chi connectivity index (χ1) is 12.5. The van der Waals surface area contributed by atoms with Crippen molar-refractivity contribution in [3.05, 3.63) is 36.0 Å². The molecular formula is C16H17N5O5. The Bertz CT molecular complexity index is 849. The van der Waals surface area contributed by atoms with Gasteiger partial charge in [0.15, 0.2) is 5.82 Å². The van der Waals surface area contributed by atoms with E-state index in [1.165, 1.54) is 12.0 Å². The van der Waals surface area contributed by atoms with E-state index in [4.69, 9.17) is 10.5 Å². The van der Waals surface area contributed by atoms with Crippen LogP contribution in [0.25, 0.3) is 0 Å². The lowest BCUT2D eigenvalue weighted by atomic mass is 10.1. The standard InChI is InChI=1S/C16H17N5O5/c1-25-11-5-3-2-4-10(11)21-8-9(6-13(21)22)15(24)18-7-12-19-16(14(17)23)26-20-12/h2-5,9H,6-8H2,1H3,(H2,17,23)(H,18,24). The second kappa shape index (κ2) is 7.21. The van der Waals surface area contributed by atoms with Crippen LogP contribution >= 0.6 is 0 Å². The molecule has 0 saturated carbocycles. The van der Waals surface area contributed by atoms with E-state index in [0.29, 0.717) is 11.4 Å². The van der Waals surface area contributed by atoms with Crippen molar-refractivity contribution in [3.8, 4) is 5.75 Å². The van der Waals surface area contributed by atoms with E-state index in [2.05, 4.69) is 20.0 Å². The molecule has 2 heterocycles. The Hall–Kier alpha value is -3.43. The fraction of sp³-hybridized carbons (Fsp3) is 0.312. The van der Waals surface area contributed by atoms with Crippen LogP contribution in [0.2, 0.25) is 0 Å². The summed E-state index contributed by atoms with van der Waals surface area (Å²) in [6.45, 7) is 0.207. The molecule has 10 nitrogen and oxygen atoms in total. The van der Waals surface area contributed by atoms with Crippen LogP contribution in [0, 0.1) is 5.92 Å². The number of anilines is 1. The molecule has 0 spiro atoms. The van der Waals surface area contributed by atoms with Crippen molar-refractivity contribution in [1.82, 2.24) is 15.5 Å². The topological polar surface area (TPSA) is 141 Å². The quantitative estimate of drug-likeness (QED) is 0.730. The molecule has 136 valence electrons. The molecule has 1 aliphatic rings. The third-order valence-corrected chi connectivity index (χ3v) is 3.97. The molecule has 3 rings (SSSR count).